The molecule has 0 bridgehead atoms. The van der Waals surface area contributed by atoms with Gasteiger partial charge in [-0.15, -0.1) is 0 Å². The van der Waals surface area contributed by atoms with Gasteiger partial charge in [-0.05, 0) is 12.8 Å². The lowest BCUT2D eigenvalue weighted by atomic mass is 9.76. The Morgan fingerprint density at radius 2 is 1.04 bits per heavy atom. The van der Waals surface area contributed by atoms with Gasteiger partial charge in [-0.3, -0.25) is 14.4 Å². The average Bonchev–Trinajstić information content (AvgIpc) is 2.43. The zero-order valence-electron chi connectivity index (χ0n) is 13.6. The molecule has 1 rings (SSSR count). The molecule has 0 heterocycles. The average molecular weight is 362 g/mol. The van der Waals surface area contributed by atoms with E-state index in [2.05, 4.69) is 0 Å². The molecule has 24 heavy (non-hydrogen) atoms. The first kappa shape index (κ1) is 22.6. The van der Waals surface area contributed by atoms with Crippen LogP contribution in [0.5, 0.6) is 0 Å². The van der Waals surface area contributed by atoms with Crippen LogP contribution in [-0.2, 0) is 14.4 Å². The Hall–Kier alpha value is -1.41. The van der Waals surface area contributed by atoms with Gasteiger partial charge in [0.2, 0.25) is 0 Å². The monoisotopic (exact) mass is 362 g/mol. The molecule has 1 fully saturated rings. The van der Waals surface area contributed by atoms with E-state index in [9.17, 15) is 40.7 Å². The molecule has 0 N–H and O–H groups in total. The fourth-order valence-corrected chi connectivity index (χ4v) is 2.23. The number of hydrogen-bond acceptors (Lipinski definition) is 3. The summed E-state index contributed by atoms with van der Waals surface area (Å²) in [5.74, 6) is -5.97. The molecule has 0 spiro atoms. The van der Waals surface area contributed by atoms with E-state index >= 15 is 0 Å². The number of rotatable bonds is 2. The van der Waals surface area contributed by atoms with Crippen molar-refractivity contribution in [3.63, 3.8) is 0 Å². The number of halogens is 6. The van der Waals surface area contributed by atoms with Crippen molar-refractivity contribution < 1.29 is 40.7 Å². The first-order valence-corrected chi connectivity index (χ1v) is 7.35. The van der Waals surface area contributed by atoms with Gasteiger partial charge in [0.15, 0.2) is 0 Å². The molecule has 0 aromatic carbocycles. The third-order valence-electron chi connectivity index (χ3n) is 3.44. The Balaban J connectivity index is 0.000000441. The third-order valence-corrected chi connectivity index (χ3v) is 3.44. The van der Waals surface area contributed by atoms with E-state index in [4.69, 9.17) is 0 Å². The zero-order chi connectivity index (χ0) is 19.3. The van der Waals surface area contributed by atoms with E-state index < -0.39 is 23.9 Å². The van der Waals surface area contributed by atoms with Crippen LogP contribution in [0.2, 0.25) is 0 Å². The molecule has 3 nitrogen and oxygen atoms in total. The molecule has 0 atom stereocenters. The Morgan fingerprint density at radius 3 is 1.29 bits per heavy atom. The highest BCUT2D eigenvalue weighted by Gasteiger charge is 2.54. The minimum atomic E-state index is -5.77. The first-order valence-electron chi connectivity index (χ1n) is 7.35. The van der Waals surface area contributed by atoms with Crippen LogP contribution in [0.15, 0.2) is 0 Å². The number of carbonyl (C=O) groups is 3. The molecule has 0 radical (unpaired) electrons. The molecule has 0 saturated heterocycles. The van der Waals surface area contributed by atoms with Crippen LogP contribution in [0.4, 0.5) is 26.3 Å². The SMILES string of the molecule is CC(C)(C)C(=O)C1CCCCC1.O=C(C(=O)C(F)(F)F)C(F)(F)F. The Labute approximate surface area is 135 Å². The number of ketones is 3. The number of Topliss-reactive ketones (excluding diaryl/α,β-unsaturated/α-hetero) is 3. The van der Waals surface area contributed by atoms with E-state index in [0.29, 0.717) is 11.7 Å². The summed E-state index contributed by atoms with van der Waals surface area (Å²) in [6.07, 6.45) is -5.43. The largest absolute Gasteiger partial charge is 0.458 e. The fourth-order valence-electron chi connectivity index (χ4n) is 2.23. The van der Waals surface area contributed by atoms with E-state index in [-0.39, 0.29) is 5.41 Å². The Morgan fingerprint density at radius 1 is 0.708 bits per heavy atom. The Kier molecular flexibility index (Phi) is 7.64. The second-order valence-corrected chi connectivity index (χ2v) is 6.60. The van der Waals surface area contributed by atoms with E-state index in [0.717, 1.165) is 12.8 Å². The van der Waals surface area contributed by atoms with Crippen molar-refractivity contribution in [1.29, 1.82) is 0 Å². The van der Waals surface area contributed by atoms with Gasteiger partial charge in [0.05, 0.1) is 0 Å². The lowest BCUT2D eigenvalue weighted by Crippen LogP contribution is -2.39. The molecule has 0 amide bonds. The maximum atomic E-state index is 11.8. The van der Waals surface area contributed by atoms with Crippen LogP contribution in [0.1, 0.15) is 52.9 Å². The van der Waals surface area contributed by atoms with E-state index in [1.54, 1.807) is 0 Å². The van der Waals surface area contributed by atoms with Gasteiger partial charge >= 0.3 is 23.9 Å². The molecule has 1 saturated carbocycles. The summed E-state index contributed by atoms with van der Waals surface area (Å²) in [6, 6.07) is 0. The fraction of sp³-hybridized carbons (Fsp3) is 0.800. The van der Waals surface area contributed by atoms with Crippen LogP contribution in [0.3, 0.4) is 0 Å². The molecule has 0 aliphatic heterocycles. The maximum absolute atomic E-state index is 11.8. The molecular formula is C15H20F6O3. The topological polar surface area (TPSA) is 51.2 Å². The van der Waals surface area contributed by atoms with Gasteiger partial charge < -0.3 is 0 Å². The summed E-state index contributed by atoms with van der Waals surface area (Å²) >= 11 is 0. The molecule has 9 heteroatoms. The van der Waals surface area contributed by atoms with Gasteiger partial charge in [0.25, 0.3) is 0 Å². The predicted molar refractivity (Wildman–Crippen MR) is 73.2 cm³/mol. The van der Waals surface area contributed by atoms with Crippen LogP contribution in [0, 0.1) is 11.3 Å². The summed E-state index contributed by atoms with van der Waals surface area (Å²) in [4.78, 5) is 31.1. The van der Waals surface area contributed by atoms with Crippen LogP contribution < -0.4 is 0 Å². The van der Waals surface area contributed by atoms with Gasteiger partial charge in [0.1, 0.15) is 5.78 Å². The highest BCUT2D eigenvalue weighted by atomic mass is 19.4. The van der Waals surface area contributed by atoms with Crippen molar-refractivity contribution in [1.82, 2.24) is 0 Å². The summed E-state index contributed by atoms with van der Waals surface area (Å²) in [7, 11) is 0. The normalized spacial score (nSPS) is 16.9. The van der Waals surface area contributed by atoms with Crippen LogP contribution >= 0.6 is 0 Å². The maximum Gasteiger partial charge on any atom is 0.458 e. The van der Waals surface area contributed by atoms with Crippen LogP contribution in [-0.4, -0.2) is 29.7 Å². The van der Waals surface area contributed by atoms with Crippen molar-refractivity contribution in [3.8, 4) is 0 Å². The highest BCUT2D eigenvalue weighted by Crippen LogP contribution is 2.30. The molecule has 140 valence electrons. The molecule has 0 aromatic rings. The number of alkyl halides is 6. The van der Waals surface area contributed by atoms with Gasteiger partial charge in [0, 0.05) is 11.3 Å². The van der Waals surface area contributed by atoms with Crippen molar-refractivity contribution in [2.24, 2.45) is 11.3 Å². The summed E-state index contributed by atoms with van der Waals surface area (Å²) in [5, 5.41) is 0. The lowest BCUT2D eigenvalue weighted by Gasteiger charge is -2.27. The molecule has 1 aliphatic carbocycles. The molecule has 0 aromatic heterocycles. The summed E-state index contributed by atoms with van der Waals surface area (Å²) in [5.41, 5.74) is -0.123. The number of hydrogen-bond donors (Lipinski definition) is 0. The lowest BCUT2D eigenvalue weighted by molar-refractivity contribution is -0.193. The highest BCUT2D eigenvalue weighted by molar-refractivity contribution is 6.41. The quantitative estimate of drug-likeness (QED) is 0.539. The predicted octanol–water partition coefficient (Wildman–Crippen LogP) is 4.43. The van der Waals surface area contributed by atoms with E-state index in [1.165, 1.54) is 19.3 Å². The molecular weight excluding hydrogens is 342 g/mol. The van der Waals surface area contributed by atoms with Crippen LogP contribution in [0.25, 0.3) is 0 Å². The van der Waals surface area contributed by atoms with Crippen molar-refractivity contribution >= 4 is 17.3 Å². The van der Waals surface area contributed by atoms with Crippen molar-refractivity contribution in [3.05, 3.63) is 0 Å². The smallest absolute Gasteiger partial charge is 0.299 e. The van der Waals surface area contributed by atoms with Gasteiger partial charge in [-0.2, -0.15) is 26.3 Å². The van der Waals surface area contributed by atoms with Gasteiger partial charge in [-0.1, -0.05) is 40.0 Å². The van der Waals surface area contributed by atoms with E-state index in [1.807, 2.05) is 20.8 Å². The Bertz CT molecular complexity index is 441. The third kappa shape index (κ3) is 7.44. The summed E-state index contributed by atoms with van der Waals surface area (Å²) < 4.78 is 67.0. The zero-order valence-corrected chi connectivity index (χ0v) is 13.6. The standard InChI is InChI=1S/C11H20O.C4F6O2/c1-11(2,3)10(12)9-7-5-4-6-8-9;5-3(6,7)1(11)2(12)4(8,9)10/h9H,4-8H2,1-3H3;. The summed E-state index contributed by atoms with van der Waals surface area (Å²) in [6.45, 7) is 6.10. The second kappa shape index (κ2) is 8.11. The van der Waals surface area contributed by atoms with Gasteiger partial charge in [-0.25, -0.2) is 0 Å². The minimum Gasteiger partial charge on any atom is -0.299 e. The minimum absolute atomic E-state index is 0.123. The van der Waals surface area contributed by atoms with Crippen molar-refractivity contribution in [2.75, 3.05) is 0 Å². The first-order chi connectivity index (χ1) is 10.6. The van der Waals surface area contributed by atoms with Crippen molar-refractivity contribution in [2.45, 2.75) is 65.2 Å². The second-order valence-electron chi connectivity index (χ2n) is 6.60. The molecule has 0 unspecified atom stereocenters. The number of carbonyl (C=O) groups excluding carboxylic acids is 3. The molecule has 1 aliphatic rings.